The summed E-state index contributed by atoms with van der Waals surface area (Å²) < 4.78 is 76.7. The van der Waals surface area contributed by atoms with Crippen LogP contribution in [0.3, 0.4) is 0 Å². The average Bonchev–Trinajstić information content (AvgIpc) is 3.05. The SMILES string of the molecule is [2H]c1nc2c(c([2H])c1[2H])c1c([2H])c(Br)c([2H])c([2H])c1n2S(=O)(=O)c1ccc(C)cc1. The van der Waals surface area contributed by atoms with Gasteiger partial charge in [-0.15, -0.1) is 0 Å². The minimum absolute atomic E-state index is 0.0346. The molecule has 0 unspecified atom stereocenters. The first-order valence-corrected chi connectivity index (χ1v) is 9.11. The lowest BCUT2D eigenvalue weighted by Crippen LogP contribution is -2.13. The van der Waals surface area contributed by atoms with Crippen LogP contribution in [0.1, 0.15) is 13.8 Å². The van der Waals surface area contributed by atoms with E-state index in [1.165, 1.54) is 12.1 Å². The van der Waals surface area contributed by atoms with Gasteiger partial charge < -0.3 is 0 Å². The molecule has 0 spiro atoms. The number of benzene rings is 2. The molecular formula is C18H13BrN2O2S. The van der Waals surface area contributed by atoms with E-state index in [4.69, 9.17) is 8.22 Å². The van der Waals surface area contributed by atoms with Gasteiger partial charge in [0.15, 0.2) is 5.65 Å². The van der Waals surface area contributed by atoms with E-state index in [-0.39, 0.29) is 43.4 Å². The number of halogens is 1. The van der Waals surface area contributed by atoms with E-state index < -0.39 is 34.3 Å². The summed E-state index contributed by atoms with van der Waals surface area (Å²) in [6, 6.07) is 3.83. The highest BCUT2D eigenvalue weighted by Crippen LogP contribution is 2.32. The average molecular weight is 407 g/mol. The molecule has 2 aromatic heterocycles. The fourth-order valence-corrected chi connectivity index (χ4v) is 4.20. The first kappa shape index (κ1) is 9.96. The van der Waals surface area contributed by atoms with Gasteiger partial charge in [0.05, 0.1) is 18.6 Å². The number of hydrogen-bond donors (Lipinski definition) is 0. The van der Waals surface area contributed by atoms with E-state index in [2.05, 4.69) is 20.9 Å². The van der Waals surface area contributed by atoms with Crippen LogP contribution in [0.25, 0.3) is 21.9 Å². The largest absolute Gasteiger partial charge is 0.269 e. The van der Waals surface area contributed by atoms with Crippen molar-refractivity contribution >= 4 is 47.9 Å². The minimum Gasteiger partial charge on any atom is -0.237 e. The normalized spacial score (nSPS) is 15.6. The highest BCUT2D eigenvalue weighted by Gasteiger charge is 2.23. The van der Waals surface area contributed by atoms with Crippen molar-refractivity contribution in [3.63, 3.8) is 0 Å². The molecule has 0 amide bonds. The maximum absolute atomic E-state index is 13.5. The molecule has 0 aliphatic heterocycles. The Bertz CT molecular complexity index is 1480. The lowest BCUT2D eigenvalue weighted by Gasteiger charge is -2.09. The number of fused-ring (bicyclic) bond motifs is 3. The van der Waals surface area contributed by atoms with E-state index >= 15 is 0 Å². The molecule has 4 nitrogen and oxygen atoms in total. The topological polar surface area (TPSA) is 52.0 Å². The Morgan fingerprint density at radius 2 is 1.88 bits per heavy atom. The van der Waals surface area contributed by atoms with Crippen molar-refractivity contribution < 1.29 is 16.6 Å². The zero-order valence-electron chi connectivity index (χ0n) is 18.3. The monoisotopic (exact) mass is 406 g/mol. The van der Waals surface area contributed by atoms with Crippen LogP contribution in [0, 0.1) is 6.92 Å². The zero-order valence-corrected chi connectivity index (χ0v) is 14.7. The van der Waals surface area contributed by atoms with Crippen LogP contribution in [0.4, 0.5) is 0 Å². The predicted molar refractivity (Wildman–Crippen MR) is 98.7 cm³/mol. The van der Waals surface area contributed by atoms with Gasteiger partial charge in [0, 0.05) is 21.4 Å². The lowest BCUT2D eigenvalue weighted by molar-refractivity contribution is 0.590. The Kier molecular flexibility index (Phi) is 2.25. The van der Waals surface area contributed by atoms with E-state index in [0.717, 1.165) is 5.56 Å². The Balaban J connectivity index is 2.34. The summed E-state index contributed by atoms with van der Waals surface area (Å²) in [7, 11) is -4.36. The maximum atomic E-state index is 13.5. The molecule has 0 saturated carbocycles. The van der Waals surface area contributed by atoms with Crippen LogP contribution in [-0.4, -0.2) is 17.4 Å². The van der Waals surface area contributed by atoms with Gasteiger partial charge in [-0.25, -0.2) is 17.4 Å². The molecule has 2 heterocycles. The third kappa shape index (κ3) is 2.25. The van der Waals surface area contributed by atoms with Gasteiger partial charge in [-0.2, -0.15) is 0 Å². The van der Waals surface area contributed by atoms with Gasteiger partial charge in [-0.1, -0.05) is 33.6 Å². The summed E-state index contributed by atoms with van der Waals surface area (Å²) in [6.45, 7) is 1.80. The van der Waals surface area contributed by atoms with Crippen molar-refractivity contribution in [1.82, 2.24) is 8.96 Å². The second-order valence-corrected chi connectivity index (χ2v) is 7.75. The molecule has 0 aliphatic rings. The van der Waals surface area contributed by atoms with Crippen LogP contribution in [-0.2, 0) is 10.0 Å². The van der Waals surface area contributed by atoms with E-state index in [9.17, 15) is 8.42 Å². The molecule has 24 heavy (non-hydrogen) atoms. The van der Waals surface area contributed by atoms with Crippen molar-refractivity contribution in [2.24, 2.45) is 0 Å². The van der Waals surface area contributed by atoms with E-state index in [0.29, 0.717) is 3.97 Å². The second-order valence-electron chi connectivity index (χ2n) is 5.17. The molecule has 2 aromatic carbocycles. The molecule has 6 heteroatoms. The van der Waals surface area contributed by atoms with Crippen LogP contribution in [0.5, 0.6) is 0 Å². The van der Waals surface area contributed by atoms with Gasteiger partial charge in [0.2, 0.25) is 0 Å². The Hall–Kier alpha value is -2.18. The van der Waals surface area contributed by atoms with Gasteiger partial charge in [0.1, 0.15) is 0 Å². The van der Waals surface area contributed by atoms with Crippen LogP contribution in [0.15, 0.2) is 70.0 Å². The molecule has 0 aliphatic carbocycles. The lowest BCUT2D eigenvalue weighted by atomic mass is 10.2. The van der Waals surface area contributed by atoms with Crippen molar-refractivity contribution in [3.05, 3.63) is 70.7 Å². The standard InChI is InChI=1S/C18H13BrN2O2S/c1-12-4-7-14(8-5-12)24(22,23)21-17-9-6-13(19)11-16(17)15-3-2-10-20-18(15)21/h2-11H,1H3/i2D,3D,6D,9D,10D,11D. The third-order valence-electron chi connectivity index (χ3n) is 3.60. The molecule has 4 aromatic rings. The van der Waals surface area contributed by atoms with Gasteiger partial charge in [-0.05, 0) is 49.3 Å². The van der Waals surface area contributed by atoms with E-state index in [1.54, 1.807) is 19.1 Å². The van der Waals surface area contributed by atoms with Gasteiger partial charge >= 0.3 is 0 Å². The fraction of sp³-hybridized carbons (Fsp3) is 0.0556. The third-order valence-corrected chi connectivity index (χ3v) is 5.70. The minimum atomic E-state index is -4.36. The molecule has 0 bridgehead atoms. The molecule has 120 valence electrons. The zero-order chi connectivity index (χ0) is 22.1. The Labute approximate surface area is 156 Å². The number of hydrogen-bond acceptors (Lipinski definition) is 3. The molecule has 0 saturated heterocycles. The molecule has 0 N–H and O–H groups in total. The highest BCUT2D eigenvalue weighted by atomic mass is 79.9. The Morgan fingerprint density at radius 3 is 2.62 bits per heavy atom. The van der Waals surface area contributed by atoms with Crippen molar-refractivity contribution in [1.29, 1.82) is 0 Å². The van der Waals surface area contributed by atoms with Crippen LogP contribution in [0.2, 0.25) is 0 Å². The predicted octanol–water partition coefficient (Wildman–Crippen LogP) is 4.50. The van der Waals surface area contributed by atoms with Crippen LogP contribution >= 0.6 is 15.9 Å². The number of rotatable bonds is 2. The summed E-state index contributed by atoms with van der Waals surface area (Å²) in [5.41, 5.74) is 0.230. The fourth-order valence-electron chi connectivity index (χ4n) is 2.47. The molecular weight excluding hydrogens is 388 g/mol. The number of nitrogens with zero attached hydrogens (tertiary/aromatic N) is 2. The molecule has 0 atom stereocenters. The summed E-state index contributed by atoms with van der Waals surface area (Å²) in [4.78, 5) is 3.81. The van der Waals surface area contributed by atoms with Gasteiger partial charge in [-0.3, -0.25) is 0 Å². The van der Waals surface area contributed by atoms with Crippen molar-refractivity contribution in [3.8, 4) is 0 Å². The number of aromatic nitrogens is 2. The van der Waals surface area contributed by atoms with Crippen molar-refractivity contribution in [2.75, 3.05) is 0 Å². The van der Waals surface area contributed by atoms with Crippen molar-refractivity contribution in [2.45, 2.75) is 11.8 Å². The summed E-state index contributed by atoms with van der Waals surface area (Å²) in [5, 5.41) is -0.208. The van der Waals surface area contributed by atoms with Gasteiger partial charge in [0.25, 0.3) is 10.0 Å². The first-order valence-electron chi connectivity index (χ1n) is 9.87. The highest BCUT2D eigenvalue weighted by molar-refractivity contribution is 9.10. The second kappa shape index (κ2) is 5.43. The first-order chi connectivity index (χ1) is 14.0. The number of aryl methyl sites for hydroxylation is 1. The molecule has 0 radical (unpaired) electrons. The molecule has 0 fully saturated rings. The summed E-state index contributed by atoms with van der Waals surface area (Å²) in [6.07, 6.45) is -0.598. The van der Waals surface area contributed by atoms with Crippen LogP contribution < -0.4 is 0 Å². The number of pyridine rings is 1. The summed E-state index contributed by atoms with van der Waals surface area (Å²) >= 11 is 3.09. The molecule has 4 rings (SSSR count). The summed E-state index contributed by atoms with van der Waals surface area (Å²) in [5.74, 6) is 0. The maximum Gasteiger partial charge on any atom is 0.269 e. The van der Waals surface area contributed by atoms with E-state index in [1.807, 2.05) is 0 Å². The quantitative estimate of drug-likeness (QED) is 0.492. The smallest absolute Gasteiger partial charge is 0.237 e. The Morgan fingerprint density at radius 1 is 1.12 bits per heavy atom.